The molecule has 1 amide bonds. The molecule has 0 saturated carbocycles. The first-order valence-corrected chi connectivity index (χ1v) is 10.7. The predicted molar refractivity (Wildman–Crippen MR) is 123 cm³/mol. The zero-order chi connectivity index (χ0) is 22.7. The van der Waals surface area contributed by atoms with E-state index in [9.17, 15) is 14.9 Å². The number of amides is 1. The molecular formula is C22H19N5O4S. The van der Waals surface area contributed by atoms with Gasteiger partial charge in [-0.1, -0.05) is 36.0 Å². The van der Waals surface area contributed by atoms with Crippen LogP contribution in [0.1, 0.15) is 5.56 Å². The Morgan fingerprint density at radius 2 is 2.09 bits per heavy atom. The number of nitrogens with zero attached hydrogens (tertiary/aromatic N) is 4. The van der Waals surface area contributed by atoms with Crippen LogP contribution in [0.3, 0.4) is 0 Å². The maximum Gasteiger partial charge on any atom is 0.269 e. The van der Waals surface area contributed by atoms with E-state index in [1.807, 2.05) is 34.9 Å². The predicted octanol–water partition coefficient (Wildman–Crippen LogP) is 4.82. The molecule has 0 radical (unpaired) electrons. The number of hydrogen-bond donors (Lipinski definition) is 1. The SMILES string of the molecule is C=CCn1c(SCC(=O)Nc2ccc([N+](=O)[O-])cc2C)nnc1-c1cc2ccccc2o1. The second kappa shape index (κ2) is 9.06. The van der Waals surface area contributed by atoms with E-state index in [0.717, 1.165) is 11.0 Å². The molecule has 4 aromatic rings. The van der Waals surface area contributed by atoms with Crippen molar-refractivity contribution in [2.45, 2.75) is 18.6 Å². The normalized spacial score (nSPS) is 10.9. The highest BCUT2D eigenvalue weighted by Crippen LogP contribution is 2.29. The zero-order valence-electron chi connectivity index (χ0n) is 17.1. The van der Waals surface area contributed by atoms with Crippen molar-refractivity contribution in [2.24, 2.45) is 0 Å². The van der Waals surface area contributed by atoms with Gasteiger partial charge >= 0.3 is 0 Å². The number of furan rings is 1. The van der Waals surface area contributed by atoms with Crippen molar-refractivity contribution in [2.75, 3.05) is 11.1 Å². The van der Waals surface area contributed by atoms with Gasteiger partial charge in [-0.3, -0.25) is 19.5 Å². The van der Waals surface area contributed by atoms with E-state index in [1.165, 1.54) is 30.0 Å². The highest BCUT2D eigenvalue weighted by Gasteiger charge is 2.18. The molecule has 0 fully saturated rings. The number of nitro benzene ring substituents is 1. The van der Waals surface area contributed by atoms with Crippen molar-refractivity contribution in [1.82, 2.24) is 14.8 Å². The van der Waals surface area contributed by atoms with E-state index in [-0.39, 0.29) is 17.3 Å². The van der Waals surface area contributed by atoms with Crippen LogP contribution in [-0.4, -0.2) is 31.3 Å². The van der Waals surface area contributed by atoms with Crippen molar-refractivity contribution < 1.29 is 14.1 Å². The fourth-order valence-corrected chi connectivity index (χ4v) is 3.93. The summed E-state index contributed by atoms with van der Waals surface area (Å²) in [6.07, 6.45) is 1.72. The van der Waals surface area contributed by atoms with Gasteiger partial charge in [0.1, 0.15) is 5.58 Å². The molecule has 0 unspecified atom stereocenters. The van der Waals surface area contributed by atoms with Gasteiger partial charge in [0, 0.05) is 29.8 Å². The smallest absolute Gasteiger partial charge is 0.269 e. The summed E-state index contributed by atoms with van der Waals surface area (Å²) in [5, 5.41) is 23.6. The Bertz CT molecular complexity index is 1290. The highest BCUT2D eigenvalue weighted by molar-refractivity contribution is 7.99. The Morgan fingerprint density at radius 1 is 1.28 bits per heavy atom. The molecule has 4 rings (SSSR count). The van der Waals surface area contributed by atoms with Crippen LogP contribution in [0.4, 0.5) is 11.4 Å². The number of para-hydroxylation sites is 1. The number of nitrogens with one attached hydrogen (secondary N) is 1. The van der Waals surface area contributed by atoms with Crippen LogP contribution in [-0.2, 0) is 11.3 Å². The molecule has 10 heteroatoms. The number of aryl methyl sites for hydroxylation is 1. The lowest BCUT2D eigenvalue weighted by Gasteiger charge is -2.09. The van der Waals surface area contributed by atoms with Gasteiger partial charge in [0.2, 0.25) is 11.7 Å². The average molecular weight is 449 g/mol. The standard InChI is InChI=1S/C22H19N5O4S/c1-3-10-26-21(19-12-15-6-4-5-7-18(15)31-19)24-25-22(26)32-13-20(28)23-17-9-8-16(27(29)30)11-14(17)2/h3-9,11-12H,1,10,13H2,2H3,(H,23,28). The third-order valence-electron chi connectivity index (χ3n) is 4.70. The van der Waals surface area contributed by atoms with Crippen LogP contribution >= 0.6 is 11.8 Å². The van der Waals surface area contributed by atoms with E-state index in [1.54, 1.807) is 13.0 Å². The second-order valence-electron chi connectivity index (χ2n) is 6.95. The summed E-state index contributed by atoms with van der Waals surface area (Å²) in [7, 11) is 0. The number of thioether (sulfide) groups is 1. The first-order valence-electron chi connectivity index (χ1n) is 9.67. The van der Waals surface area contributed by atoms with Gasteiger partial charge in [-0.15, -0.1) is 16.8 Å². The molecule has 1 N–H and O–H groups in total. The molecule has 0 aliphatic heterocycles. The Hall–Kier alpha value is -3.92. The summed E-state index contributed by atoms with van der Waals surface area (Å²) >= 11 is 1.23. The Morgan fingerprint density at radius 3 is 2.81 bits per heavy atom. The number of aromatic nitrogens is 3. The van der Waals surface area contributed by atoms with Gasteiger partial charge in [-0.05, 0) is 30.7 Å². The van der Waals surface area contributed by atoms with Crippen molar-refractivity contribution in [3.8, 4) is 11.6 Å². The van der Waals surface area contributed by atoms with Crippen molar-refractivity contribution >= 4 is 40.0 Å². The molecule has 2 heterocycles. The van der Waals surface area contributed by atoms with Gasteiger partial charge in [0.05, 0.1) is 10.7 Å². The third-order valence-corrected chi connectivity index (χ3v) is 5.67. The highest BCUT2D eigenvalue weighted by atomic mass is 32.2. The number of non-ortho nitro benzene ring substituents is 1. The van der Waals surface area contributed by atoms with Gasteiger partial charge < -0.3 is 9.73 Å². The number of carbonyl (C=O) groups is 1. The summed E-state index contributed by atoms with van der Waals surface area (Å²) in [5.74, 6) is 0.963. The molecule has 0 aliphatic rings. The number of benzene rings is 2. The molecule has 32 heavy (non-hydrogen) atoms. The van der Waals surface area contributed by atoms with Crippen LogP contribution in [0.15, 0.2) is 70.8 Å². The number of fused-ring (bicyclic) bond motifs is 1. The summed E-state index contributed by atoms with van der Waals surface area (Å²) in [4.78, 5) is 22.9. The molecule has 9 nitrogen and oxygen atoms in total. The second-order valence-corrected chi connectivity index (χ2v) is 7.89. The summed E-state index contributed by atoms with van der Waals surface area (Å²) in [6, 6.07) is 13.9. The van der Waals surface area contributed by atoms with E-state index >= 15 is 0 Å². The molecule has 2 aromatic heterocycles. The lowest BCUT2D eigenvalue weighted by molar-refractivity contribution is -0.384. The van der Waals surface area contributed by atoms with Gasteiger partial charge in [0.25, 0.3) is 5.69 Å². The van der Waals surface area contributed by atoms with Gasteiger partial charge in [0.15, 0.2) is 10.9 Å². The van der Waals surface area contributed by atoms with E-state index < -0.39 is 4.92 Å². The monoisotopic (exact) mass is 449 g/mol. The summed E-state index contributed by atoms with van der Waals surface area (Å²) in [5.41, 5.74) is 1.87. The van der Waals surface area contributed by atoms with Crippen molar-refractivity contribution in [3.05, 3.63) is 76.9 Å². The maximum absolute atomic E-state index is 12.5. The first kappa shape index (κ1) is 21.3. The molecular weight excluding hydrogens is 430 g/mol. The van der Waals surface area contributed by atoms with Gasteiger partial charge in [-0.25, -0.2) is 0 Å². The molecule has 2 aromatic carbocycles. The topological polar surface area (TPSA) is 116 Å². The minimum absolute atomic E-state index is 0.0227. The molecule has 162 valence electrons. The first-order chi connectivity index (χ1) is 15.5. The molecule has 0 bridgehead atoms. The van der Waals surface area contributed by atoms with Crippen LogP contribution in [0, 0.1) is 17.0 Å². The molecule has 0 saturated heterocycles. The number of anilines is 1. The fraction of sp³-hybridized carbons (Fsp3) is 0.136. The minimum atomic E-state index is -0.472. The molecule has 0 atom stereocenters. The molecule has 0 spiro atoms. The summed E-state index contributed by atoms with van der Waals surface area (Å²) in [6.45, 7) is 5.94. The van der Waals surface area contributed by atoms with Gasteiger partial charge in [-0.2, -0.15) is 0 Å². The number of nitro groups is 1. The van der Waals surface area contributed by atoms with Crippen LogP contribution < -0.4 is 5.32 Å². The Labute approximate surface area is 187 Å². The number of hydrogen-bond acceptors (Lipinski definition) is 7. The lowest BCUT2D eigenvalue weighted by Crippen LogP contribution is -2.15. The van der Waals surface area contributed by atoms with Crippen molar-refractivity contribution in [3.63, 3.8) is 0 Å². The fourth-order valence-electron chi connectivity index (χ4n) is 3.18. The van der Waals surface area contributed by atoms with Crippen LogP contribution in [0.25, 0.3) is 22.6 Å². The lowest BCUT2D eigenvalue weighted by atomic mass is 10.2. The number of carbonyl (C=O) groups excluding carboxylic acids is 1. The minimum Gasteiger partial charge on any atom is -0.453 e. The van der Waals surface area contributed by atoms with Crippen LogP contribution in [0.2, 0.25) is 0 Å². The molecule has 0 aliphatic carbocycles. The van der Waals surface area contributed by atoms with Crippen LogP contribution in [0.5, 0.6) is 0 Å². The number of rotatable bonds is 8. The third kappa shape index (κ3) is 4.40. The Balaban J connectivity index is 1.49. The average Bonchev–Trinajstić information content (AvgIpc) is 3.37. The zero-order valence-corrected chi connectivity index (χ0v) is 18.0. The van der Waals surface area contributed by atoms with E-state index in [4.69, 9.17) is 4.42 Å². The summed E-state index contributed by atoms with van der Waals surface area (Å²) < 4.78 is 7.74. The van der Waals surface area contributed by atoms with Crippen molar-refractivity contribution in [1.29, 1.82) is 0 Å². The number of allylic oxidation sites excluding steroid dienone is 1. The largest absolute Gasteiger partial charge is 0.453 e. The van der Waals surface area contributed by atoms with E-state index in [0.29, 0.717) is 34.5 Å². The maximum atomic E-state index is 12.5. The quantitative estimate of drug-likeness (QED) is 0.177. The Kier molecular flexibility index (Phi) is 6.04. The van der Waals surface area contributed by atoms with E-state index in [2.05, 4.69) is 22.1 Å².